The lowest BCUT2D eigenvalue weighted by atomic mass is 9.54. The van der Waals surface area contributed by atoms with E-state index in [4.69, 9.17) is 9.84 Å². The zero-order chi connectivity index (χ0) is 25.1. The van der Waals surface area contributed by atoms with Crippen LogP contribution in [-0.2, 0) is 19.4 Å². The fourth-order valence-electron chi connectivity index (χ4n) is 6.89. The number of nitrogens with one attached hydrogen (secondary N) is 1. The summed E-state index contributed by atoms with van der Waals surface area (Å²) in [6.45, 7) is 0. The summed E-state index contributed by atoms with van der Waals surface area (Å²) in [5.74, 6) is 0.643. The molecular formula is C27H30N2O6S. The van der Waals surface area contributed by atoms with E-state index in [1.165, 1.54) is 37.6 Å². The molecule has 36 heavy (non-hydrogen) atoms. The number of amides is 1. The summed E-state index contributed by atoms with van der Waals surface area (Å²) in [4.78, 5) is 29.0. The normalized spacial score (nSPS) is 29.6. The smallest absolute Gasteiger partial charge is 0.337 e. The molecule has 1 aromatic carbocycles. The Morgan fingerprint density at radius 3 is 2.08 bits per heavy atom. The molecular weight excluding hydrogens is 480 g/mol. The molecule has 5 aliphatic rings. The van der Waals surface area contributed by atoms with Crippen LogP contribution in [0.15, 0.2) is 47.5 Å². The van der Waals surface area contributed by atoms with Crippen molar-refractivity contribution in [3.63, 3.8) is 0 Å². The van der Waals surface area contributed by atoms with Crippen molar-refractivity contribution in [2.75, 3.05) is 5.32 Å². The lowest BCUT2D eigenvalue weighted by Crippen LogP contribution is -2.53. The predicted molar refractivity (Wildman–Crippen MR) is 131 cm³/mol. The number of ether oxygens (including phenoxy) is 1. The highest BCUT2D eigenvalue weighted by molar-refractivity contribution is 7.92. The van der Waals surface area contributed by atoms with Crippen LogP contribution in [-0.4, -0.2) is 41.2 Å². The first-order valence-electron chi connectivity index (χ1n) is 12.7. The van der Waals surface area contributed by atoms with Crippen molar-refractivity contribution < 1.29 is 27.9 Å². The molecule has 8 nitrogen and oxygen atoms in total. The topological polar surface area (TPSA) is 123 Å². The van der Waals surface area contributed by atoms with Crippen LogP contribution in [0.1, 0.15) is 73.4 Å². The van der Waals surface area contributed by atoms with E-state index in [2.05, 4.69) is 10.3 Å². The van der Waals surface area contributed by atoms with Crippen molar-refractivity contribution in [1.29, 1.82) is 0 Å². The number of rotatable bonds is 8. The number of pyridine rings is 1. The minimum atomic E-state index is -3.33. The fourth-order valence-corrected chi connectivity index (χ4v) is 8.54. The molecule has 9 heteroatoms. The van der Waals surface area contributed by atoms with Crippen molar-refractivity contribution >= 4 is 27.5 Å². The van der Waals surface area contributed by atoms with E-state index in [1.807, 2.05) is 0 Å². The van der Waals surface area contributed by atoms with Crippen LogP contribution in [0.3, 0.4) is 0 Å². The molecule has 1 aromatic heterocycles. The molecule has 1 heterocycles. The maximum absolute atomic E-state index is 13.5. The second-order valence-electron chi connectivity index (χ2n) is 11.1. The summed E-state index contributed by atoms with van der Waals surface area (Å²) >= 11 is 0. The van der Waals surface area contributed by atoms with E-state index in [1.54, 1.807) is 24.3 Å². The summed E-state index contributed by atoms with van der Waals surface area (Å²) in [7, 11) is -3.33. The number of carboxylic acids is 1. The number of hydrogen-bond donors (Lipinski definition) is 2. The number of anilines is 1. The summed E-state index contributed by atoms with van der Waals surface area (Å²) in [5.41, 5.74) is 0.276. The number of aromatic nitrogens is 1. The van der Waals surface area contributed by atoms with E-state index in [9.17, 15) is 18.0 Å². The zero-order valence-corrected chi connectivity index (χ0v) is 20.7. The first-order chi connectivity index (χ1) is 17.2. The lowest BCUT2D eigenvalue weighted by Gasteiger charge is -2.56. The third-order valence-corrected chi connectivity index (χ3v) is 10.6. The van der Waals surface area contributed by atoms with E-state index < -0.39 is 27.8 Å². The summed E-state index contributed by atoms with van der Waals surface area (Å²) in [6.07, 6.45) is 8.22. The monoisotopic (exact) mass is 510 g/mol. The van der Waals surface area contributed by atoms with Crippen molar-refractivity contribution in [3.05, 3.63) is 53.7 Å². The van der Waals surface area contributed by atoms with Crippen LogP contribution >= 0.6 is 0 Å². The van der Waals surface area contributed by atoms with Crippen LogP contribution in [0.25, 0.3) is 0 Å². The van der Waals surface area contributed by atoms with Gasteiger partial charge in [0.1, 0.15) is 5.82 Å². The van der Waals surface area contributed by atoms with E-state index in [0.29, 0.717) is 36.2 Å². The van der Waals surface area contributed by atoms with Gasteiger partial charge in [-0.3, -0.25) is 4.79 Å². The van der Waals surface area contributed by atoms with Gasteiger partial charge in [0.2, 0.25) is 0 Å². The SMILES string of the molecule is O=C(O)c1ccc(NC(=O)C(OC23CC4CC(CC(C4)C2)C3)c2ccc(S(=O)(=O)C3CC3)cc2)nc1. The Kier molecular flexibility index (Phi) is 5.68. The second kappa shape index (κ2) is 8.66. The molecule has 1 amide bonds. The largest absolute Gasteiger partial charge is 0.478 e. The maximum Gasteiger partial charge on any atom is 0.337 e. The minimum absolute atomic E-state index is 0.0295. The summed E-state index contributed by atoms with van der Waals surface area (Å²) < 4.78 is 32.1. The summed E-state index contributed by atoms with van der Waals surface area (Å²) in [6, 6.07) is 9.35. The van der Waals surface area contributed by atoms with Gasteiger partial charge >= 0.3 is 5.97 Å². The third-order valence-electron chi connectivity index (χ3n) is 8.32. The first-order valence-corrected chi connectivity index (χ1v) is 14.3. The standard InChI is InChI=1S/C27H30N2O6S/c30-25(29-23-8-3-20(15-28-23)26(31)32)24(19-1-4-21(5-2-19)36(33,34)22-6-7-22)35-27-12-16-9-17(13-27)11-18(10-16)14-27/h1-5,8,15-18,22,24H,6-7,9-14H2,(H,31,32)(H,28,29,30). The second-order valence-corrected chi connectivity index (χ2v) is 13.4. The van der Waals surface area contributed by atoms with Crippen LogP contribution in [0.4, 0.5) is 5.82 Å². The van der Waals surface area contributed by atoms with Gasteiger partial charge in [0.15, 0.2) is 15.9 Å². The molecule has 5 fully saturated rings. The van der Waals surface area contributed by atoms with Crippen LogP contribution in [0, 0.1) is 17.8 Å². The van der Waals surface area contributed by atoms with Crippen LogP contribution in [0.5, 0.6) is 0 Å². The highest BCUT2D eigenvalue weighted by Gasteiger charge is 2.53. The molecule has 1 atom stereocenters. The van der Waals surface area contributed by atoms with Gasteiger partial charge in [-0.2, -0.15) is 0 Å². The molecule has 5 saturated carbocycles. The van der Waals surface area contributed by atoms with E-state index in [-0.39, 0.29) is 27.1 Å². The Bertz CT molecular complexity index is 1250. The predicted octanol–water partition coefficient (Wildman–Crippen LogP) is 4.38. The molecule has 2 aromatic rings. The van der Waals surface area contributed by atoms with E-state index in [0.717, 1.165) is 19.3 Å². The molecule has 0 aliphatic heterocycles. The van der Waals surface area contributed by atoms with Crippen molar-refractivity contribution in [2.24, 2.45) is 17.8 Å². The van der Waals surface area contributed by atoms with Gasteiger partial charge in [-0.1, -0.05) is 12.1 Å². The quantitative estimate of drug-likeness (QED) is 0.540. The third kappa shape index (κ3) is 4.43. The summed E-state index contributed by atoms with van der Waals surface area (Å²) in [5, 5.41) is 11.6. The van der Waals surface area contributed by atoms with Gasteiger partial charge in [0.05, 0.1) is 21.3 Å². The van der Waals surface area contributed by atoms with Gasteiger partial charge in [-0.15, -0.1) is 0 Å². The van der Waals surface area contributed by atoms with Gasteiger partial charge in [-0.05, 0) is 98.9 Å². The average Bonchev–Trinajstić information content (AvgIpc) is 3.68. The molecule has 1 unspecified atom stereocenters. The highest BCUT2D eigenvalue weighted by atomic mass is 32.2. The van der Waals surface area contributed by atoms with Crippen LogP contribution in [0.2, 0.25) is 0 Å². The molecule has 190 valence electrons. The minimum Gasteiger partial charge on any atom is -0.478 e. The Morgan fingerprint density at radius 2 is 1.58 bits per heavy atom. The van der Waals surface area contributed by atoms with Crippen molar-refractivity contribution in [3.8, 4) is 0 Å². The number of hydrogen-bond acceptors (Lipinski definition) is 6. The average molecular weight is 511 g/mol. The van der Waals surface area contributed by atoms with Gasteiger partial charge in [0.25, 0.3) is 5.91 Å². The number of benzene rings is 1. The molecule has 2 N–H and O–H groups in total. The lowest BCUT2D eigenvalue weighted by molar-refractivity contribution is -0.191. The number of carbonyl (C=O) groups is 2. The number of sulfone groups is 1. The number of carbonyl (C=O) groups excluding carboxylic acids is 1. The fraction of sp³-hybridized carbons (Fsp3) is 0.519. The molecule has 0 radical (unpaired) electrons. The van der Waals surface area contributed by atoms with Crippen LogP contribution < -0.4 is 5.32 Å². The maximum atomic E-state index is 13.5. The Hall–Kier alpha value is -2.78. The van der Waals surface area contributed by atoms with E-state index >= 15 is 0 Å². The Morgan fingerprint density at radius 1 is 0.972 bits per heavy atom. The van der Waals surface area contributed by atoms with Gasteiger partial charge < -0.3 is 15.2 Å². The molecule has 7 rings (SSSR count). The molecule has 5 aliphatic carbocycles. The van der Waals surface area contributed by atoms with Crippen molar-refractivity contribution in [1.82, 2.24) is 4.98 Å². The molecule has 0 spiro atoms. The number of carboxylic acid groups (broad SMARTS) is 1. The highest BCUT2D eigenvalue weighted by Crippen LogP contribution is 2.58. The molecule has 0 saturated heterocycles. The molecule has 4 bridgehead atoms. The zero-order valence-electron chi connectivity index (χ0n) is 19.9. The first kappa shape index (κ1) is 23.6. The Balaban J connectivity index is 1.28. The number of nitrogens with zero attached hydrogens (tertiary/aromatic N) is 1. The number of aromatic carboxylic acids is 1. The Labute approximate surface area is 210 Å². The van der Waals surface area contributed by atoms with Crippen molar-refractivity contribution in [2.45, 2.75) is 73.2 Å². The van der Waals surface area contributed by atoms with Gasteiger partial charge in [0, 0.05) is 6.20 Å². The van der Waals surface area contributed by atoms with Gasteiger partial charge in [-0.25, -0.2) is 18.2 Å².